The maximum Gasteiger partial charge on any atom is 0.255 e. The highest BCUT2D eigenvalue weighted by molar-refractivity contribution is 5.21. The minimum Gasteiger partial charge on any atom is -0.392 e. The van der Waals surface area contributed by atoms with Crippen molar-refractivity contribution < 1.29 is 14.9 Å². The van der Waals surface area contributed by atoms with E-state index in [1.165, 1.54) is 0 Å². The van der Waals surface area contributed by atoms with Crippen LogP contribution in [0.1, 0.15) is 66.7 Å². The zero-order chi connectivity index (χ0) is 21.8. The third-order valence-electron chi connectivity index (χ3n) is 8.28. The first-order valence-corrected chi connectivity index (χ1v) is 10.6. The number of fused-ring (bicyclic) bond motifs is 1. The van der Waals surface area contributed by atoms with E-state index in [1.807, 2.05) is 27.7 Å². The molecule has 0 aromatic rings. The van der Waals surface area contributed by atoms with Gasteiger partial charge in [-0.05, 0) is 26.2 Å². The van der Waals surface area contributed by atoms with Gasteiger partial charge in [0.15, 0.2) is 0 Å². The van der Waals surface area contributed by atoms with E-state index in [4.69, 9.17) is 24.5 Å². The molecule has 3 fully saturated rings. The van der Waals surface area contributed by atoms with Crippen LogP contribution in [0.5, 0.6) is 0 Å². The van der Waals surface area contributed by atoms with E-state index in [9.17, 15) is 10.2 Å². The fraction of sp³-hybridized carbons (Fsp3) is 0.870. The predicted octanol–water partition coefficient (Wildman–Crippen LogP) is 3.75. The molecule has 0 aromatic heterocycles. The van der Waals surface area contributed by atoms with Crippen LogP contribution in [0.25, 0.3) is 14.5 Å². The van der Waals surface area contributed by atoms with Gasteiger partial charge in [-0.15, -0.1) is 0 Å². The van der Waals surface area contributed by atoms with Crippen LogP contribution in [0.2, 0.25) is 0 Å². The number of aliphatic hydroxyl groups excluding tert-OH is 2. The van der Waals surface area contributed by atoms with Gasteiger partial charge in [-0.3, -0.25) is 0 Å². The van der Waals surface area contributed by atoms with Gasteiger partial charge in [0.25, 0.3) is 11.1 Å². The van der Waals surface area contributed by atoms with Crippen LogP contribution in [-0.2, 0) is 4.74 Å². The summed E-state index contributed by atoms with van der Waals surface area (Å²) in [7, 11) is 0. The molecular formula is C23H33N3O3. The molecule has 0 amide bonds. The largest absolute Gasteiger partial charge is 0.392 e. The molecule has 1 aliphatic heterocycles. The zero-order valence-electron chi connectivity index (χ0n) is 18.1. The van der Waals surface area contributed by atoms with Gasteiger partial charge < -0.3 is 29.5 Å². The summed E-state index contributed by atoms with van der Waals surface area (Å²) < 4.78 is 6.48. The van der Waals surface area contributed by atoms with E-state index in [0.29, 0.717) is 25.7 Å². The SMILES string of the molecule is [C-]#[N+]C(C)(C)[C@@H]1CC[C@](C)([C@@H]2[C@H]3[C@H](O)[C@@](C)([N+]#[C-])CC[C@@H]3[C@@](C)([N+]#[C-])C[C@@H]2O)O1. The van der Waals surface area contributed by atoms with Gasteiger partial charge >= 0.3 is 0 Å². The Labute approximate surface area is 174 Å². The Bertz CT molecular complexity index is 793. The minimum absolute atomic E-state index is 0.0911. The summed E-state index contributed by atoms with van der Waals surface area (Å²) in [6.07, 6.45) is 1.05. The second-order valence-corrected chi connectivity index (χ2v) is 10.6. The van der Waals surface area contributed by atoms with Gasteiger partial charge in [0, 0.05) is 51.9 Å². The predicted molar refractivity (Wildman–Crippen MR) is 110 cm³/mol. The first kappa shape index (κ1) is 22.0. The van der Waals surface area contributed by atoms with Crippen molar-refractivity contribution in [1.82, 2.24) is 0 Å². The highest BCUT2D eigenvalue weighted by Crippen LogP contribution is 2.58. The summed E-state index contributed by atoms with van der Waals surface area (Å²) in [6, 6.07) is 0. The Balaban J connectivity index is 2.03. The molecule has 2 aliphatic carbocycles. The van der Waals surface area contributed by atoms with E-state index in [-0.39, 0.29) is 23.9 Å². The molecular weight excluding hydrogens is 366 g/mol. The van der Waals surface area contributed by atoms with Crippen LogP contribution < -0.4 is 0 Å². The van der Waals surface area contributed by atoms with Crippen LogP contribution in [-0.4, -0.2) is 50.7 Å². The number of nitrogens with zero attached hydrogens (tertiary/aromatic N) is 3. The molecule has 3 aliphatic rings. The third-order valence-corrected chi connectivity index (χ3v) is 8.28. The summed E-state index contributed by atoms with van der Waals surface area (Å²) in [5.74, 6) is -0.845. The van der Waals surface area contributed by atoms with Crippen LogP contribution in [0.15, 0.2) is 0 Å². The molecule has 9 atom stereocenters. The molecule has 6 heteroatoms. The quantitative estimate of drug-likeness (QED) is 0.695. The molecule has 29 heavy (non-hydrogen) atoms. The third kappa shape index (κ3) is 3.25. The molecule has 2 N–H and O–H groups in total. The fourth-order valence-corrected chi connectivity index (χ4v) is 6.29. The first-order chi connectivity index (χ1) is 13.4. The zero-order valence-corrected chi connectivity index (χ0v) is 18.1. The Morgan fingerprint density at radius 2 is 1.59 bits per heavy atom. The Morgan fingerprint density at radius 1 is 0.966 bits per heavy atom. The van der Waals surface area contributed by atoms with Crippen LogP contribution in [0, 0.1) is 37.5 Å². The van der Waals surface area contributed by atoms with Crippen LogP contribution >= 0.6 is 0 Å². The lowest BCUT2D eigenvalue weighted by Crippen LogP contribution is -2.65. The number of aliphatic hydroxyl groups is 2. The normalized spacial score (nSPS) is 50.1. The lowest BCUT2D eigenvalue weighted by atomic mass is 9.50. The lowest BCUT2D eigenvalue weighted by Gasteiger charge is -2.55. The van der Waals surface area contributed by atoms with Crippen LogP contribution in [0.3, 0.4) is 0 Å². The van der Waals surface area contributed by atoms with Crippen molar-refractivity contribution in [2.24, 2.45) is 17.8 Å². The summed E-state index contributed by atoms with van der Waals surface area (Å²) in [6.45, 7) is 32.4. The first-order valence-electron chi connectivity index (χ1n) is 10.6. The molecule has 6 nitrogen and oxygen atoms in total. The molecule has 1 heterocycles. The van der Waals surface area contributed by atoms with E-state index < -0.39 is 34.4 Å². The number of rotatable bonds is 2. The lowest BCUT2D eigenvalue weighted by molar-refractivity contribution is -0.193. The van der Waals surface area contributed by atoms with E-state index in [1.54, 1.807) is 6.92 Å². The molecule has 0 radical (unpaired) electrons. The highest BCUT2D eigenvalue weighted by Gasteiger charge is 2.68. The van der Waals surface area contributed by atoms with Crippen molar-refractivity contribution in [2.75, 3.05) is 0 Å². The molecule has 0 unspecified atom stereocenters. The molecule has 2 saturated carbocycles. The maximum absolute atomic E-state index is 11.4. The van der Waals surface area contributed by atoms with Crippen molar-refractivity contribution in [2.45, 2.75) is 107 Å². The summed E-state index contributed by atoms with van der Waals surface area (Å²) in [4.78, 5) is 11.4. The van der Waals surface area contributed by atoms with E-state index in [2.05, 4.69) is 14.5 Å². The van der Waals surface area contributed by atoms with E-state index >= 15 is 0 Å². The molecule has 158 valence electrons. The smallest absolute Gasteiger partial charge is 0.255 e. The van der Waals surface area contributed by atoms with Gasteiger partial charge in [0.05, 0.1) is 18.1 Å². The molecule has 1 saturated heterocycles. The number of ether oxygens (including phenoxy) is 1. The number of hydrogen-bond acceptors (Lipinski definition) is 3. The molecule has 0 bridgehead atoms. The van der Waals surface area contributed by atoms with Crippen LogP contribution in [0.4, 0.5) is 0 Å². The summed E-state index contributed by atoms with van der Waals surface area (Å²) >= 11 is 0. The van der Waals surface area contributed by atoms with Crippen molar-refractivity contribution in [3.8, 4) is 0 Å². The Hall–Kier alpha value is -1.65. The average Bonchev–Trinajstić information content (AvgIpc) is 3.08. The maximum atomic E-state index is 11.4. The second-order valence-electron chi connectivity index (χ2n) is 10.6. The average molecular weight is 400 g/mol. The molecule has 0 spiro atoms. The Kier molecular flexibility index (Phi) is 5.29. The standard InChI is InChI=1S/C23H33N3O3/c1-20(2,24-6)16-10-12-23(5,29-16)18-15(27)13-22(4,26-8)14-9-11-21(3,25-7)19(28)17(14)18/h14-19,27-28H,9-13H2,1-5H3/t14-,15-,16-,17-,18-,19-,21-,22-,23+/m0/s1. The van der Waals surface area contributed by atoms with Gasteiger partial charge in [0.1, 0.15) is 12.2 Å². The minimum atomic E-state index is -0.923. The fourth-order valence-electron chi connectivity index (χ4n) is 6.29. The van der Waals surface area contributed by atoms with Crippen molar-refractivity contribution in [3.05, 3.63) is 34.3 Å². The summed E-state index contributed by atoms with van der Waals surface area (Å²) in [5, 5.41) is 22.6. The topological polar surface area (TPSA) is 62.8 Å². The highest BCUT2D eigenvalue weighted by atomic mass is 16.5. The molecule has 3 rings (SSSR count). The van der Waals surface area contributed by atoms with E-state index in [0.717, 1.165) is 6.42 Å². The van der Waals surface area contributed by atoms with Crippen molar-refractivity contribution in [3.63, 3.8) is 0 Å². The van der Waals surface area contributed by atoms with Gasteiger partial charge in [-0.2, -0.15) is 0 Å². The van der Waals surface area contributed by atoms with Gasteiger partial charge in [-0.1, -0.05) is 0 Å². The second kappa shape index (κ2) is 6.95. The van der Waals surface area contributed by atoms with Crippen molar-refractivity contribution >= 4 is 0 Å². The summed E-state index contributed by atoms with van der Waals surface area (Å²) in [5.41, 5.74) is -3.02. The van der Waals surface area contributed by atoms with Crippen molar-refractivity contribution in [1.29, 1.82) is 0 Å². The number of hydrogen-bond donors (Lipinski definition) is 2. The Morgan fingerprint density at radius 3 is 2.14 bits per heavy atom. The van der Waals surface area contributed by atoms with Gasteiger partial charge in [0.2, 0.25) is 5.54 Å². The molecule has 0 aromatic carbocycles. The van der Waals surface area contributed by atoms with Gasteiger partial charge in [-0.25, -0.2) is 19.7 Å². The monoisotopic (exact) mass is 399 g/mol.